The van der Waals surface area contributed by atoms with Crippen molar-refractivity contribution < 1.29 is 0 Å². The maximum atomic E-state index is 3.51. The van der Waals surface area contributed by atoms with Crippen LogP contribution in [0, 0.1) is 11.8 Å². The Morgan fingerprint density at radius 3 is 3.10 bits per heavy atom. The molecule has 1 nitrogen and oxygen atoms in total. The van der Waals surface area contributed by atoms with Gasteiger partial charge in [-0.15, -0.1) is 0 Å². The molecule has 0 spiro atoms. The van der Waals surface area contributed by atoms with Crippen molar-refractivity contribution in [3.63, 3.8) is 0 Å². The van der Waals surface area contributed by atoms with E-state index in [0.29, 0.717) is 0 Å². The fourth-order valence-electron chi connectivity index (χ4n) is 1.96. The summed E-state index contributed by atoms with van der Waals surface area (Å²) in [6, 6.07) is 0. The molecule has 2 unspecified atom stereocenters. The Bertz CT molecular complexity index is 104. The lowest BCUT2D eigenvalue weighted by Gasteiger charge is -2.12. The van der Waals surface area contributed by atoms with E-state index in [1.54, 1.807) is 0 Å². The van der Waals surface area contributed by atoms with Crippen molar-refractivity contribution in [1.29, 1.82) is 0 Å². The molecule has 0 aliphatic carbocycles. The van der Waals surface area contributed by atoms with Crippen LogP contribution < -0.4 is 5.32 Å². The van der Waals surface area contributed by atoms with Crippen molar-refractivity contribution >= 4 is 11.8 Å². The molecule has 2 aliphatic rings. The number of nitrogens with one attached hydrogen (secondary N) is 1. The van der Waals surface area contributed by atoms with E-state index >= 15 is 0 Å². The predicted molar refractivity (Wildman–Crippen MR) is 46.4 cm³/mol. The topological polar surface area (TPSA) is 12.0 Å². The molecule has 10 heavy (non-hydrogen) atoms. The number of hydrogen-bond acceptors (Lipinski definition) is 2. The largest absolute Gasteiger partial charge is 0.316 e. The molecule has 2 rings (SSSR count). The molecular formula is C8H15NS. The fraction of sp³-hybridized carbons (Fsp3) is 1.00. The van der Waals surface area contributed by atoms with Crippen molar-refractivity contribution in [1.82, 2.24) is 5.32 Å². The zero-order valence-electron chi connectivity index (χ0n) is 6.31. The molecule has 2 atom stereocenters. The summed E-state index contributed by atoms with van der Waals surface area (Å²) < 4.78 is 0. The van der Waals surface area contributed by atoms with Gasteiger partial charge in [0.15, 0.2) is 0 Å². The van der Waals surface area contributed by atoms with Gasteiger partial charge in [0.1, 0.15) is 0 Å². The van der Waals surface area contributed by atoms with Crippen molar-refractivity contribution in [2.75, 3.05) is 24.6 Å². The van der Waals surface area contributed by atoms with E-state index in [1.165, 1.54) is 37.4 Å². The summed E-state index contributed by atoms with van der Waals surface area (Å²) in [6.45, 7) is 2.55. The minimum Gasteiger partial charge on any atom is -0.316 e. The fourth-order valence-corrected chi connectivity index (χ4v) is 3.53. The minimum atomic E-state index is 1.01. The van der Waals surface area contributed by atoms with Gasteiger partial charge in [-0.3, -0.25) is 0 Å². The summed E-state index contributed by atoms with van der Waals surface area (Å²) in [4.78, 5) is 0. The van der Waals surface area contributed by atoms with Crippen LogP contribution >= 0.6 is 11.8 Å². The first-order valence-corrected chi connectivity index (χ1v) is 5.41. The van der Waals surface area contributed by atoms with Crippen molar-refractivity contribution in [2.24, 2.45) is 11.8 Å². The Morgan fingerprint density at radius 1 is 1.20 bits per heavy atom. The first-order chi connectivity index (χ1) is 4.97. The average molecular weight is 157 g/mol. The summed E-state index contributed by atoms with van der Waals surface area (Å²) in [7, 11) is 0. The van der Waals surface area contributed by atoms with Crippen LogP contribution in [0.15, 0.2) is 0 Å². The van der Waals surface area contributed by atoms with Crippen molar-refractivity contribution in [2.45, 2.75) is 12.8 Å². The van der Waals surface area contributed by atoms with E-state index in [1.807, 2.05) is 0 Å². The lowest BCUT2D eigenvalue weighted by molar-refractivity contribution is 0.414. The molecule has 0 bridgehead atoms. The quantitative estimate of drug-likeness (QED) is 0.569. The van der Waals surface area contributed by atoms with Crippen LogP contribution in [0.25, 0.3) is 0 Å². The van der Waals surface area contributed by atoms with Crippen molar-refractivity contribution in [3.05, 3.63) is 0 Å². The molecule has 58 valence electrons. The Hall–Kier alpha value is 0.310. The first kappa shape index (κ1) is 6.99. The Morgan fingerprint density at radius 2 is 2.10 bits per heavy atom. The third-order valence-electron chi connectivity index (χ3n) is 2.67. The predicted octanol–water partition coefficient (Wildman–Crippen LogP) is 1.35. The lowest BCUT2D eigenvalue weighted by Crippen LogP contribution is -2.23. The van der Waals surface area contributed by atoms with Gasteiger partial charge in [0, 0.05) is 0 Å². The maximum absolute atomic E-state index is 3.51. The number of thioether (sulfide) groups is 1. The van der Waals surface area contributed by atoms with Gasteiger partial charge in [0.25, 0.3) is 0 Å². The smallest absolute Gasteiger partial charge is 0.000967 e. The van der Waals surface area contributed by atoms with Gasteiger partial charge in [-0.1, -0.05) is 0 Å². The third kappa shape index (κ3) is 1.32. The summed E-state index contributed by atoms with van der Waals surface area (Å²) in [6.07, 6.45) is 2.88. The molecular weight excluding hydrogens is 142 g/mol. The molecule has 2 fully saturated rings. The van der Waals surface area contributed by atoms with E-state index in [9.17, 15) is 0 Å². The normalized spacial score (nSPS) is 40.8. The Labute approximate surface area is 67.0 Å². The molecule has 0 aromatic rings. The highest BCUT2D eigenvalue weighted by atomic mass is 32.2. The standard InChI is InChI=1S/C8H15NS/c1-2-7-5-10-6-8(7)4-9-3-1/h7-9H,1-6H2. The molecule has 0 amide bonds. The van der Waals surface area contributed by atoms with Crippen molar-refractivity contribution in [3.8, 4) is 0 Å². The number of fused-ring (bicyclic) bond motifs is 1. The molecule has 0 radical (unpaired) electrons. The van der Waals surface area contributed by atoms with E-state index in [4.69, 9.17) is 0 Å². The monoisotopic (exact) mass is 157 g/mol. The molecule has 0 aromatic carbocycles. The maximum Gasteiger partial charge on any atom is -0.000967 e. The highest BCUT2D eigenvalue weighted by molar-refractivity contribution is 7.99. The second-order valence-corrected chi connectivity index (χ2v) is 4.48. The SMILES string of the molecule is C1CNCC2CSCC2C1. The van der Waals surface area contributed by atoms with Crippen LogP contribution in [0.4, 0.5) is 0 Å². The van der Waals surface area contributed by atoms with Gasteiger partial charge in [-0.05, 0) is 49.3 Å². The molecule has 1 N–H and O–H groups in total. The zero-order chi connectivity index (χ0) is 6.81. The van der Waals surface area contributed by atoms with Gasteiger partial charge in [-0.2, -0.15) is 11.8 Å². The molecule has 2 heterocycles. The van der Waals surface area contributed by atoms with Crippen LogP contribution in [0.2, 0.25) is 0 Å². The Kier molecular flexibility index (Phi) is 2.19. The van der Waals surface area contributed by atoms with Gasteiger partial charge in [-0.25, -0.2) is 0 Å². The van der Waals surface area contributed by atoms with Gasteiger partial charge in [0.2, 0.25) is 0 Å². The summed E-state index contributed by atoms with van der Waals surface area (Å²) in [5.74, 6) is 4.91. The lowest BCUT2D eigenvalue weighted by atomic mass is 9.93. The van der Waals surface area contributed by atoms with E-state index < -0.39 is 0 Å². The molecule has 2 saturated heterocycles. The second kappa shape index (κ2) is 3.14. The summed E-state index contributed by atoms with van der Waals surface area (Å²) in [5.41, 5.74) is 0. The van der Waals surface area contributed by atoms with Crippen LogP contribution in [-0.4, -0.2) is 24.6 Å². The van der Waals surface area contributed by atoms with Crippen LogP contribution in [0.1, 0.15) is 12.8 Å². The van der Waals surface area contributed by atoms with Crippen LogP contribution in [0.3, 0.4) is 0 Å². The number of rotatable bonds is 0. The molecule has 2 aliphatic heterocycles. The molecule has 0 saturated carbocycles. The molecule has 2 heteroatoms. The zero-order valence-corrected chi connectivity index (χ0v) is 7.12. The third-order valence-corrected chi connectivity index (χ3v) is 3.99. The van der Waals surface area contributed by atoms with E-state index in [-0.39, 0.29) is 0 Å². The average Bonchev–Trinajstić information content (AvgIpc) is 2.28. The van der Waals surface area contributed by atoms with Gasteiger partial charge >= 0.3 is 0 Å². The van der Waals surface area contributed by atoms with E-state index in [0.717, 1.165) is 11.8 Å². The van der Waals surface area contributed by atoms with E-state index in [2.05, 4.69) is 17.1 Å². The Balaban J connectivity index is 1.95. The van der Waals surface area contributed by atoms with Crippen LogP contribution in [-0.2, 0) is 0 Å². The van der Waals surface area contributed by atoms with Gasteiger partial charge < -0.3 is 5.32 Å². The first-order valence-electron chi connectivity index (χ1n) is 4.25. The second-order valence-electron chi connectivity index (χ2n) is 3.40. The highest BCUT2D eigenvalue weighted by Crippen LogP contribution is 2.33. The van der Waals surface area contributed by atoms with Gasteiger partial charge in [0.05, 0.1) is 0 Å². The van der Waals surface area contributed by atoms with Crippen LogP contribution in [0.5, 0.6) is 0 Å². The summed E-state index contributed by atoms with van der Waals surface area (Å²) in [5, 5.41) is 3.51. The summed E-state index contributed by atoms with van der Waals surface area (Å²) >= 11 is 2.15. The minimum absolute atomic E-state index is 1.01. The highest BCUT2D eigenvalue weighted by Gasteiger charge is 2.28. The number of hydrogen-bond donors (Lipinski definition) is 1. The molecule has 0 aromatic heterocycles.